The topological polar surface area (TPSA) is 66.8 Å². The quantitative estimate of drug-likeness (QED) is 0.897. The number of rotatable bonds is 2. The van der Waals surface area contributed by atoms with E-state index >= 15 is 0 Å². The molecule has 2 atom stereocenters. The summed E-state index contributed by atoms with van der Waals surface area (Å²) in [7, 11) is 0. The van der Waals surface area contributed by atoms with Crippen molar-refractivity contribution in [3.8, 4) is 5.75 Å². The maximum Gasteiger partial charge on any atom is 0.315 e. The van der Waals surface area contributed by atoms with Crippen LogP contribution in [0.5, 0.6) is 5.75 Å². The van der Waals surface area contributed by atoms with Gasteiger partial charge in [0.25, 0.3) is 5.91 Å². The summed E-state index contributed by atoms with van der Waals surface area (Å²) in [6.45, 7) is 0.547. The van der Waals surface area contributed by atoms with Crippen molar-refractivity contribution in [2.24, 2.45) is 5.41 Å². The van der Waals surface area contributed by atoms with Crippen LogP contribution in [0.25, 0.3) is 0 Å². The zero-order valence-electron chi connectivity index (χ0n) is 13.3. The summed E-state index contributed by atoms with van der Waals surface area (Å²) in [6, 6.07) is 14.1. The van der Waals surface area contributed by atoms with E-state index in [9.17, 15) is 14.7 Å². The van der Waals surface area contributed by atoms with Gasteiger partial charge in [-0.15, -0.1) is 0 Å². The fourth-order valence-electron chi connectivity index (χ4n) is 3.77. The number of amides is 1. The van der Waals surface area contributed by atoms with Gasteiger partial charge < -0.3 is 14.7 Å². The molecule has 6 heteroatoms. The number of fused-ring (bicyclic) bond motifs is 3. The smallest absolute Gasteiger partial charge is 0.315 e. The highest BCUT2D eigenvalue weighted by atomic mass is 35.5. The molecule has 0 radical (unpaired) electrons. The van der Waals surface area contributed by atoms with Crippen LogP contribution in [-0.2, 0) is 4.79 Å². The van der Waals surface area contributed by atoms with Crippen LogP contribution in [-0.4, -0.2) is 41.6 Å². The van der Waals surface area contributed by atoms with E-state index in [0.717, 1.165) is 5.56 Å². The second-order valence-corrected chi connectivity index (χ2v) is 6.97. The van der Waals surface area contributed by atoms with E-state index in [1.54, 1.807) is 29.2 Å². The number of hydrogen-bond acceptors (Lipinski definition) is 3. The first-order valence-corrected chi connectivity index (χ1v) is 8.39. The monoisotopic (exact) mass is 357 g/mol. The molecule has 1 amide bonds. The lowest BCUT2D eigenvalue weighted by atomic mass is 9.73. The van der Waals surface area contributed by atoms with Crippen LogP contribution in [0, 0.1) is 5.41 Å². The highest BCUT2D eigenvalue weighted by molar-refractivity contribution is 6.30. The van der Waals surface area contributed by atoms with Crippen molar-refractivity contribution in [2.45, 2.75) is 5.92 Å². The molecular formula is C19H16ClNO4. The minimum atomic E-state index is -1.11. The number of ether oxygens (including phenoxy) is 1. The predicted octanol–water partition coefficient (Wildman–Crippen LogP) is 3.04. The Balaban J connectivity index is 1.70. The summed E-state index contributed by atoms with van der Waals surface area (Å²) in [4.78, 5) is 26.5. The largest absolute Gasteiger partial charge is 0.492 e. The van der Waals surface area contributed by atoms with Gasteiger partial charge in [0.1, 0.15) is 17.8 Å². The van der Waals surface area contributed by atoms with Crippen molar-refractivity contribution in [3.05, 3.63) is 64.7 Å². The van der Waals surface area contributed by atoms with Crippen molar-refractivity contribution in [1.82, 2.24) is 4.90 Å². The van der Waals surface area contributed by atoms with Gasteiger partial charge in [-0.05, 0) is 30.3 Å². The highest BCUT2D eigenvalue weighted by Crippen LogP contribution is 2.49. The summed E-state index contributed by atoms with van der Waals surface area (Å²) in [5.74, 6) is -0.709. The van der Waals surface area contributed by atoms with Crippen molar-refractivity contribution in [2.75, 3.05) is 19.7 Å². The van der Waals surface area contributed by atoms with Gasteiger partial charge in [0.05, 0.1) is 0 Å². The lowest BCUT2D eigenvalue weighted by Crippen LogP contribution is -2.46. The molecule has 0 unspecified atom stereocenters. The van der Waals surface area contributed by atoms with E-state index in [0.29, 0.717) is 22.9 Å². The van der Waals surface area contributed by atoms with Crippen LogP contribution in [0.2, 0.25) is 5.02 Å². The first-order chi connectivity index (χ1) is 12.0. The molecule has 1 fully saturated rings. The Bertz CT molecular complexity index is 851. The summed E-state index contributed by atoms with van der Waals surface area (Å²) >= 11 is 5.88. The lowest BCUT2D eigenvalue weighted by molar-refractivity contribution is -0.151. The molecule has 2 aliphatic rings. The lowest BCUT2D eigenvalue weighted by Gasteiger charge is -2.35. The number of halogens is 1. The number of aliphatic carboxylic acids is 1. The van der Waals surface area contributed by atoms with Gasteiger partial charge >= 0.3 is 5.97 Å². The summed E-state index contributed by atoms with van der Waals surface area (Å²) < 4.78 is 5.72. The SMILES string of the molecule is O=C(c1ccc(Cl)cc1)N1C[C@@H]2c3ccccc3OC[C@]2(C(=O)O)C1. The number of hydrogen-bond donors (Lipinski definition) is 1. The molecule has 0 spiro atoms. The molecule has 2 aromatic carbocycles. The number of carboxylic acids is 1. The fraction of sp³-hybridized carbons (Fsp3) is 0.263. The van der Waals surface area contributed by atoms with E-state index in [2.05, 4.69) is 0 Å². The molecule has 0 aliphatic carbocycles. The van der Waals surface area contributed by atoms with Crippen LogP contribution in [0.3, 0.4) is 0 Å². The molecule has 25 heavy (non-hydrogen) atoms. The number of carboxylic acid groups (broad SMARTS) is 1. The number of benzene rings is 2. The number of carbonyl (C=O) groups is 2. The average molecular weight is 358 g/mol. The molecule has 128 valence electrons. The molecule has 5 nitrogen and oxygen atoms in total. The average Bonchev–Trinajstić information content (AvgIpc) is 3.03. The first kappa shape index (κ1) is 16.0. The van der Waals surface area contributed by atoms with E-state index < -0.39 is 11.4 Å². The molecule has 4 rings (SSSR count). The van der Waals surface area contributed by atoms with Gasteiger partial charge in [0.15, 0.2) is 0 Å². The van der Waals surface area contributed by atoms with Crippen molar-refractivity contribution in [3.63, 3.8) is 0 Å². The Morgan fingerprint density at radius 2 is 1.88 bits per heavy atom. The Labute approximate surface area is 149 Å². The fourth-order valence-corrected chi connectivity index (χ4v) is 3.89. The minimum absolute atomic E-state index is 0.0639. The minimum Gasteiger partial charge on any atom is -0.492 e. The van der Waals surface area contributed by atoms with Crippen molar-refractivity contribution in [1.29, 1.82) is 0 Å². The molecule has 0 bridgehead atoms. The second-order valence-electron chi connectivity index (χ2n) is 6.53. The normalized spacial score (nSPS) is 24.2. The first-order valence-electron chi connectivity index (χ1n) is 8.01. The van der Waals surface area contributed by atoms with E-state index in [-0.39, 0.29) is 25.0 Å². The van der Waals surface area contributed by atoms with Crippen molar-refractivity contribution >= 4 is 23.5 Å². The Hall–Kier alpha value is -2.53. The van der Waals surface area contributed by atoms with Gasteiger partial charge in [0, 0.05) is 35.2 Å². The van der Waals surface area contributed by atoms with Crippen molar-refractivity contribution < 1.29 is 19.4 Å². The molecule has 2 heterocycles. The molecule has 1 saturated heterocycles. The molecule has 2 aromatic rings. The standard InChI is InChI=1S/C19H16ClNO4/c20-13-7-5-12(6-8-13)17(22)21-9-15-14-3-1-2-4-16(14)25-11-19(15,10-21)18(23)24/h1-8,15H,9-11H2,(H,23,24)/t15-,19-/m1/s1. The third-order valence-corrected chi connectivity index (χ3v) is 5.38. The number of likely N-dealkylation sites (tertiary alicyclic amines) is 1. The van der Waals surface area contributed by atoms with E-state index in [1.165, 1.54) is 0 Å². The molecule has 2 aliphatic heterocycles. The van der Waals surface area contributed by atoms with Gasteiger partial charge in [-0.2, -0.15) is 0 Å². The summed E-state index contributed by atoms with van der Waals surface area (Å²) in [6.07, 6.45) is 0. The van der Waals surface area contributed by atoms with E-state index in [4.69, 9.17) is 16.3 Å². The van der Waals surface area contributed by atoms with Gasteiger partial charge in [-0.25, -0.2) is 0 Å². The molecule has 0 saturated carbocycles. The third kappa shape index (κ3) is 2.46. The Kier molecular flexibility index (Phi) is 3.69. The molecule has 1 N–H and O–H groups in total. The maximum atomic E-state index is 12.8. The summed E-state index contributed by atoms with van der Waals surface area (Å²) in [5.41, 5.74) is 0.233. The zero-order chi connectivity index (χ0) is 17.6. The van der Waals surface area contributed by atoms with Gasteiger partial charge in [0.2, 0.25) is 0 Å². The maximum absolute atomic E-state index is 12.8. The van der Waals surface area contributed by atoms with Crippen LogP contribution in [0.15, 0.2) is 48.5 Å². The number of nitrogens with zero attached hydrogens (tertiary/aromatic N) is 1. The zero-order valence-corrected chi connectivity index (χ0v) is 14.1. The third-order valence-electron chi connectivity index (χ3n) is 5.13. The van der Waals surface area contributed by atoms with Crippen LogP contribution >= 0.6 is 11.6 Å². The summed E-state index contributed by atoms with van der Waals surface area (Å²) in [5, 5.41) is 10.4. The Morgan fingerprint density at radius 3 is 2.60 bits per heavy atom. The highest BCUT2D eigenvalue weighted by Gasteiger charge is 2.57. The number of carbonyl (C=O) groups excluding carboxylic acids is 1. The van der Waals surface area contributed by atoms with E-state index in [1.807, 2.05) is 24.3 Å². The van der Waals surface area contributed by atoms with Crippen LogP contribution < -0.4 is 4.74 Å². The van der Waals surface area contributed by atoms with Crippen LogP contribution in [0.1, 0.15) is 21.8 Å². The number of para-hydroxylation sites is 1. The predicted molar refractivity (Wildman–Crippen MR) is 92.1 cm³/mol. The molecule has 0 aromatic heterocycles. The molecular weight excluding hydrogens is 342 g/mol. The second kappa shape index (κ2) is 5.77. The van der Waals surface area contributed by atoms with Gasteiger partial charge in [-0.1, -0.05) is 29.8 Å². The van der Waals surface area contributed by atoms with Crippen LogP contribution in [0.4, 0.5) is 0 Å². The Morgan fingerprint density at radius 1 is 1.16 bits per heavy atom. The van der Waals surface area contributed by atoms with Gasteiger partial charge in [-0.3, -0.25) is 9.59 Å².